The maximum absolute atomic E-state index is 12.7. The van der Waals surface area contributed by atoms with Crippen molar-refractivity contribution >= 4 is 11.7 Å². The highest BCUT2D eigenvalue weighted by Gasteiger charge is 2.19. The van der Waals surface area contributed by atoms with Crippen molar-refractivity contribution in [2.45, 2.75) is 102 Å². The molecular formula is C26H43F2NO4. The van der Waals surface area contributed by atoms with Crippen molar-refractivity contribution < 1.29 is 28.5 Å². The largest absolute Gasteiger partial charge is 0.459 e. The predicted octanol–water partition coefficient (Wildman–Crippen LogP) is 6.34. The van der Waals surface area contributed by atoms with Gasteiger partial charge in [-0.15, -0.1) is 0 Å². The Labute approximate surface area is 197 Å². The zero-order chi connectivity index (χ0) is 24.4. The summed E-state index contributed by atoms with van der Waals surface area (Å²) in [5, 5.41) is 21.3. The van der Waals surface area contributed by atoms with Crippen LogP contribution in [-0.2, 0) is 4.74 Å². The normalized spacial score (nSPS) is 12.5. The summed E-state index contributed by atoms with van der Waals surface area (Å²) < 4.78 is 30.3. The summed E-state index contributed by atoms with van der Waals surface area (Å²) in [4.78, 5) is 11.8. The van der Waals surface area contributed by atoms with E-state index in [0.717, 1.165) is 44.8 Å². The Bertz CT molecular complexity index is 620. The number of ether oxygens (including phenoxy) is 1. The minimum atomic E-state index is -2.51. The number of unbranched alkanes of at least 4 members (excludes halogenated alkanes) is 11. The molecule has 1 aromatic rings. The minimum Gasteiger partial charge on any atom is -0.459 e. The van der Waals surface area contributed by atoms with Gasteiger partial charge in [-0.05, 0) is 44.0 Å². The van der Waals surface area contributed by atoms with Crippen molar-refractivity contribution in [3.8, 4) is 0 Å². The van der Waals surface area contributed by atoms with E-state index in [2.05, 4.69) is 5.32 Å². The second kappa shape index (κ2) is 17.7. The SMILES string of the molecule is CC(F)(F)CCCCCCCCCCCCCCNc1ccc(C(=O)OCC(O)CO)cc1. The summed E-state index contributed by atoms with van der Waals surface area (Å²) in [6, 6.07) is 7.02. The molecule has 3 N–H and O–H groups in total. The Kier molecular flexibility index (Phi) is 15.7. The van der Waals surface area contributed by atoms with Gasteiger partial charge in [-0.1, -0.05) is 64.2 Å². The third kappa shape index (κ3) is 16.5. The molecule has 0 saturated heterocycles. The van der Waals surface area contributed by atoms with E-state index in [1.165, 1.54) is 44.9 Å². The molecule has 1 unspecified atom stereocenters. The van der Waals surface area contributed by atoms with Gasteiger partial charge in [0.25, 0.3) is 0 Å². The zero-order valence-electron chi connectivity index (χ0n) is 20.2. The summed E-state index contributed by atoms with van der Waals surface area (Å²) in [6.45, 7) is 1.22. The average Bonchev–Trinajstić information content (AvgIpc) is 2.79. The number of hydrogen-bond acceptors (Lipinski definition) is 5. The number of carbonyl (C=O) groups is 1. The molecular weight excluding hydrogens is 428 g/mol. The van der Waals surface area contributed by atoms with E-state index >= 15 is 0 Å². The van der Waals surface area contributed by atoms with Gasteiger partial charge in [0, 0.05) is 18.7 Å². The van der Waals surface area contributed by atoms with E-state index in [-0.39, 0.29) is 13.0 Å². The van der Waals surface area contributed by atoms with E-state index in [9.17, 15) is 18.7 Å². The quantitative estimate of drug-likeness (QED) is 0.153. The van der Waals surface area contributed by atoms with Crippen molar-refractivity contribution in [3.63, 3.8) is 0 Å². The molecule has 5 nitrogen and oxygen atoms in total. The highest BCUT2D eigenvalue weighted by molar-refractivity contribution is 5.89. The van der Waals surface area contributed by atoms with Gasteiger partial charge in [-0.3, -0.25) is 0 Å². The lowest BCUT2D eigenvalue weighted by atomic mass is 10.0. The fourth-order valence-corrected chi connectivity index (χ4v) is 3.59. The molecule has 0 aliphatic carbocycles. The van der Waals surface area contributed by atoms with Gasteiger partial charge < -0.3 is 20.3 Å². The van der Waals surface area contributed by atoms with Crippen LogP contribution in [0.2, 0.25) is 0 Å². The van der Waals surface area contributed by atoms with Gasteiger partial charge in [-0.25, -0.2) is 13.6 Å². The molecule has 1 rings (SSSR count). The lowest BCUT2D eigenvalue weighted by molar-refractivity contribution is 0.00913. The van der Waals surface area contributed by atoms with Crippen LogP contribution < -0.4 is 5.32 Å². The molecule has 0 heterocycles. The zero-order valence-corrected chi connectivity index (χ0v) is 20.2. The van der Waals surface area contributed by atoms with Crippen LogP contribution in [-0.4, -0.2) is 48.0 Å². The molecule has 0 fully saturated rings. The first-order chi connectivity index (χ1) is 15.8. The number of anilines is 1. The van der Waals surface area contributed by atoms with E-state index in [4.69, 9.17) is 9.84 Å². The van der Waals surface area contributed by atoms with Crippen LogP contribution >= 0.6 is 0 Å². The van der Waals surface area contributed by atoms with Crippen LogP contribution in [0, 0.1) is 0 Å². The standard InChI is InChI=1S/C26H43F2NO4/c1-26(27,28)18-12-10-8-6-4-2-3-5-7-9-11-13-19-29-23-16-14-22(15-17-23)25(32)33-21-24(31)20-30/h14-17,24,29-31H,2-13,18-21H2,1H3. The Morgan fingerprint density at radius 2 is 1.39 bits per heavy atom. The van der Waals surface area contributed by atoms with Crippen molar-refractivity contribution in [1.29, 1.82) is 0 Å². The number of esters is 1. The fraction of sp³-hybridized carbons (Fsp3) is 0.731. The maximum atomic E-state index is 12.7. The summed E-state index contributed by atoms with van der Waals surface area (Å²) in [7, 11) is 0. The molecule has 1 atom stereocenters. The smallest absolute Gasteiger partial charge is 0.338 e. The van der Waals surface area contributed by atoms with E-state index in [1.54, 1.807) is 12.1 Å². The molecule has 0 aliphatic heterocycles. The Balaban J connectivity index is 1.93. The number of aliphatic hydroxyl groups is 2. The number of hydrogen-bond donors (Lipinski definition) is 3. The third-order valence-electron chi connectivity index (χ3n) is 5.61. The van der Waals surface area contributed by atoms with Gasteiger partial charge in [0.1, 0.15) is 12.7 Å². The summed E-state index contributed by atoms with van der Waals surface area (Å²) in [5.74, 6) is -3.03. The highest BCUT2D eigenvalue weighted by Crippen LogP contribution is 2.21. The first-order valence-corrected chi connectivity index (χ1v) is 12.5. The van der Waals surface area contributed by atoms with E-state index < -0.39 is 24.6 Å². The third-order valence-corrected chi connectivity index (χ3v) is 5.61. The Morgan fingerprint density at radius 3 is 1.88 bits per heavy atom. The van der Waals surface area contributed by atoms with Gasteiger partial charge >= 0.3 is 5.97 Å². The molecule has 0 radical (unpaired) electrons. The molecule has 0 saturated carbocycles. The molecule has 0 aliphatic rings. The Morgan fingerprint density at radius 1 is 0.909 bits per heavy atom. The second-order valence-electron chi connectivity index (χ2n) is 9.00. The van der Waals surface area contributed by atoms with Crippen LogP contribution in [0.25, 0.3) is 0 Å². The molecule has 190 valence electrons. The number of carbonyl (C=O) groups excluding carboxylic acids is 1. The van der Waals surface area contributed by atoms with E-state index in [1.807, 2.05) is 12.1 Å². The lowest BCUT2D eigenvalue weighted by Crippen LogP contribution is -2.21. The summed E-state index contributed by atoms with van der Waals surface area (Å²) in [6.07, 6.45) is 12.5. The average molecular weight is 472 g/mol. The molecule has 0 bridgehead atoms. The van der Waals surface area contributed by atoms with Crippen LogP contribution in [0.5, 0.6) is 0 Å². The topological polar surface area (TPSA) is 78.8 Å². The van der Waals surface area contributed by atoms with Gasteiger partial charge in [0.15, 0.2) is 0 Å². The summed E-state index contributed by atoms with van der Waals surface area (Å²) in [5.41, 5.74) is 1.36. The molecule has 33 heavy (non-hydrogen) atoms. The number of alkyl halides is 2. The molecule has 0 amide bonds. The number of aliphatic hydroxyl groups excluding tert-OH is 2. The van der Waals surface area contributed by atoms with Gasteiger partial charge in [-0.2, -0.15) is 0 Å². The number of rotatable bonds is 20. The van der Waals surface area contributed by atoms with Crippen molar-refractivity contribution in [2.75, 3.05) is 25.1 Å². The number of halogens is 2. The monoisotopic (exact) mass is 471 g/mol. The number of benzene rings is 1. The van der Waals surface area contributed by atoms with Crippen LogP contribution in [0.3, 0.4) is 0 Å². The number of nitrogens with one attached hydrogen (secondary N) is 1. The highest BCUT2D eigenvalue weighted by atomic mass is 19.3. The summed E-state index contributed by atoms with van der Waals surface area (Å²) >= 11 is 0. The van der Waals surface area contributed by atoms with E-state index in [0.29, 0.717) is 12.0 Å². The Hall–Kier alpha value is -1.73. The lowest BCUT2D eigenvalue weighted by Gasteiger charge is -2.10. The van der Waals surface area contributed by atoms with Crippen molar-refractivity contribution in [3.05, 3.63) is 29.8 Å². The van der Waals surface area contributed by atoms with Crippen molar-refractivity contribution in [1.82, 2.24) is 0 Å². The molecule has 0 spiro atoms. The van der Waals surface area contributed by atoms with Crippen LogP contribution in [0.1, 0.15) is 101 Å². The first kappa shape index (κ1) is 29.3. The van der Waals surface area contributed by atoms with Gasteiger partial charge in [0.2, 0.25) is 5.92 Å². The molecule has 0 aromatic heterocycles. The molecule has 1 aromatic carbocycles. The minimum absolute atomic E-state index is 0.0183. The maximum Gasteiger partial charge on any atom is 0.338 e. The fourth-order valence-electron chi connectivity index (χ4n) is 3.59. The van der Waals surface area contributed by atoms with Crippen LogP contribution in [0.4, 0.5) is 14.5 Å². The van der Waals surface area contributed by atoms with Gasteiger partial charge in [0.05, 0.1) is 12.2 Å². The van der Waals surface area contributed by atoms with Crippen molar-refractivity contribution in [2.24, 2.45) is 0 Å². The molecule has 7 heteroatoms. The van der Waals surface area contributed by atoms with Crippen LogP contribution in [0.15, 0.2) is 24.3 Å². The first-order valence-electron chi connectivity index (χ1n) is 12.5. The second-order valence-corrected chi connectivity index (χ2v) is 9.00. The predicted molar refractivity (Wildman–Crippen MR) is 129 cm³/mol.